The molecule has 0 aliphatic carbocycles. The highest BCUT2D eigenvalue weighted by Crippen LogP contribution is 2.26. The van der Waals surface area contributed by atoms with Gasteiger partial charge in [-0.2, -0.15) is 4.98 Å². The highest BCUT2D eigenvalue weighted by atomic mass is 19.1. The number of hydrogen-bond acceptors (Lipinski definition) is 5. The first-order valence-electron chi connectivity index (χ1n) is 7.80. The van der Waals surface area contributed by atoms with Crippen molar-refractivity contribution in [2.24, 2.45) is 0 Å². The summed E-state index contributed by atoms with van der Waals surface area (Å²) in [5.41, 5.74) is 1.10. The van der Waals surface area contributed by atoms with Crippen molar-refractivity contribution in [2.45, 2.75) is 19.9 Å². The lowest BCUT2D eigenvalue weighted by Gasteiger charge is -2.13. The number of nitrogens with zero attached hydrogens (tertiary/aromatic N) is 3. The predicted octanol–water partition coefficient (Wildman–Crippen LogP) is 4.38. The van der Waals surface area contributed by atoms with Crippen LogP contribution in [0.25, 0.3) is 11.3 Å². The van der Waals surface area contributed by atoms with Crippen LogP contribution in [0.1, 0.15) is 13.8 Å². The van der Waals surface area contributed by atoms with Crippen LogP contribution >= 0.6 is 0 Å². The van der Waals surface area contributed by atoms with Crippen LogP contribution in [0.2, 0.25) is 0 Å². The van der Waals surface area contributed by atoms with Crippen molar-refractivity contribution in [3.05, 3.63) is 60.4 Å². The van der Waals surface area contributed by atoms with E-state index in [9.17, 15) is 8.78 Å². The summed E-state index contributed by atoms with van der Waals surface area (Å²) < 4.78 is 27.8. The maximum Gasteiger partial charge on any atom is 0.225 e. The van der Waals surface area contributed by atoms with E-state index in [0.29, 0.717) is 11.6 Å². The van der Waals surface area contributed by atoms with Gasteiger partial charge in [0.25, 0.3) is 0 Å². The first-order chi connectivity index (χ1) is 12.0. The number of benzene rings is 1. The second-order valence-electron chi connectivity index (χ2n) is 5.72. The van der Waals surface area contributed by atoms with Gasteiger partial charge >= 0.3 is 0 Å². The SMILES string of the molecule is CC(C)Nc1nc(Nc2c(F)cccc2F)cc(-c2cccnc2)n1. The van der Waals surface area contributed by atoms with Crippen molar-refractivity contribution >= 4 is 17.5 Å². The van der Waals surface area contributed by atoms with E-state index in [0.717, 1.165) is 5.56 Å². The summed E-state index contributed by atoms with van der Waals surface area (Å²) >= 11 is 0. The van der Waals surface area contributed by atoms with Crippen molar-refractivity contribution < 1.29 is 8.78 Å². The lowest BCUT2D eigenvalue weighted by Crippen LogP contribution is -2.13. The molecule has 1 aromatic carbocycles. The Morgan fingerprint density at radius 3 is 2.40 bits per heavy atom. The van der Waals surface area contributed by atoms with E-state index in [1.807, 2.05) is 19.9 Å². The normalized spacial score (nSPS) is 10.8. The Morgan fingerprint density at radius 2 is 1.76 bits per heavy atom. The van der Waals surface area contributed by atoms with Crippen LogP contribution in [-0.4, -0.2) is 21.0 Å². The number of aromatic nitrogens is 3. The van der Waals surface area contributed by atoms with Crippen molar-refractivity contribution in [3.63, 3.8) is 0 Å². The number of hydrogen-bond donors (Lipinski definition) is 2. The molecule has 3 rings (SSSR count). The molecule has 2 N–H and O–H groups in total. The summed E-state index contributed by atoms with van der Waals surface area (Å²) in [7, 11) is 0. The largest absolute Gasteiger partial charge is 0.352 e. The summed E-state index contributed by atoms with van der Waals surface area (Å²) in [5.74, 6) is -0.753. The standard InChI is InChI=1S/C18H17F2N5/c1-11(2)22-18-23-15(12-5-4-8-21-10-12)9-16(25-18)24-17-13(19)6-3-7-14(17)20/h3-11H,1-2H3,(H2,22,23,24,25). The van der Waals surface area contributed by atoms with E-state index in [1.165, 1.54) is 18.2 Å². The van der Waals surface area contributed by atoms with Gasteiger partial charge in [0, 0.05) is 30.1 Å². The second-order valence-corrected chi connectivity index (χ2v) is 5.72. The molecule has 0 atom stereocenters. The Bertz CT molecular complexity index is 848. The molecular formula is C18H17F2N5. The van der Waals surface area contributed by atoms with Gasteiger partial charge in [0.2, 0.25) is 5.95 Å². The Labute approximate surface area is 144 Å². The Hall–Kier alpha value is -3.09. The topological polar surface area (TPSA) is 62.7 Å². The Balaban J connectivity index is 2.03. The molecule has 0 bridgehead atoms. The molecular weight excluding hydrogens is 324 g/mol. The van der Waals surface area contributed by atoms with Gasteiger partial charge in [0.15, 0.2) is 0 Å². The van der Waals surface area contributed by atoms with Gasteiger partial charge in [0.1, 0.15) is 23.1 Å². The molecule has 0 saturated carbocycles. The lowest BCUT2D eigenvalue weighted by atomic mass is 10.2. The molecule has 0 unspecified atom stereocenters. The predicted molar refractivity (Wildman–Crippen MR) is 93.7 cm³/mol. The van der Waals surface area contributed by atoms with Gasteiger partial charge in [-0.1, -0.05) is 6.07 Å². The third-order valence-corrected chi connectivity index (χ3v) is 3.32. The first kappa shape index (κ1) is 16.8. The molecule has 25 heavy (non-hydrogen) atoms. The third kappa shape index (κ3) is 4.06. The van der Waals surface area contributed by atoms with Crippen molar-refractivity contribution in [1.29, 1.82) is 0 Å². The summed E-state index contributed by atoms with van der Waals surface area (Å²) in [4.78, 5) is 12.8. The highest BCUT2D eigenvalue weighted by molar-refractivity contribution is 5.67. The number of halogens is 2. The highest BCUT2D eigenvalue weighted by Gasteiger charge is 2.12. The average Bonchev–Trinajstić information content (AvgIpc) is 2.58. The molecule has 0 amide bonds. The molecule has 7 heteroatoms. The molecule has 0 spiro atoms. The number of para-hydroxylation sites is 1. The Kier molecular flexibility index (Phi) is 4.83. The van der Waals surface area contributed by atoms with Crippen LogP contribution in [0, 0.1) is 11.6 Å². The molecule has 2 heterocycles. The van der Waals surface area contributed by atoms with E-state index in [4.69, 9.17) is 0 Å². The van der Waals surface area contributed by atoms with E-state index in [-0.39, 0.29) is 17.5 Å². The maximum absolute atomic E-state index is 13.9. The third-order valence-electron chi connectivity index (χ3n) is 3.32. The van der Waals surface area contributed by atoms with E-state index in [2.05, 4.69) is 25.6 Å². The molecule has 0 radical (unpaired) electrons. The number of rotatable bonds is 5. The molecule has 3 aromatic rings. The van der Waals surface area contributed by atoms with Crippen LogP contribution in [0.3, 0.4) is 0 Å². The first-order valence-corrected chi connectivity index (χ1v) is 7.80. The van der Waals surface area contributed by atoms with Gasteiger partial charge in [-0.3, -0.25) is 4.98 Å². The van der Waals surface area contributed by atoms with E-state index >= 15 is 0 Å². The number of nitrogens with one attached hydrogen (secondary N) is 2. The van der Waals surface area contributed by atoms with Gasteiger partial charge < -0.3 is 10.6 Å². The summed E-state index contributed by atoms with van der Waals surface area (Å²) in [6, 6.07) is 9.03. The van der Waals surface area contributed by atoms with Crippen molar-refractivity contribution in [3.8, 4) is 11.3 Å². The zero-order valence-electron chi connectivity index (χ0n) is 13.8. The van der Waals surface area contributed by atoms with Crippen molar-refractivity contribution in [1.82, 2.24) is 15.0 Å². The van der Waals surface area contributed by atoms with Gasteiger partial charge in [-0.15, -0.1) is 0 Å². The van der Waals surface area contributed by atoms with Crippen molar-refractivity contribution in [2.75, 3.05) is 10.6 Å². The monoisotopic (exact) mass is 341 g/mol. The minimum atomic E-state index is -0.695. The van der Waals surface area contributed by atoms with Crippen LogP contribution in [0.15, 0.2) is 48.8 Å². The molecule has 0 aliphatic heterocycles. The fraction of sp³-hybridized carbons (Fsp3) is 0.167. The summed E-state index contributed by atoms with van der Waals surface area (Å²) in [5, 5.41) is 5.80. The van der Waals surface area contributed by atoms with Crippen LogP contribution in [0.5, 0.6) is 0 Å². The van der Waals surface area contributed by atoms with Crippen LogP contribution in [0.4, 0.5) is 26.2 Å². The molecule has 0 saturated heterocycles. The van der Waals surface area contributed by atoms with Gasteiger partial charge in [0.05, 0.1) is 5.69 Å². The molecule has 128 valence electrons. The zero-order chi connectivity index (χ0) is 17.8. The fourth-order valence-corrected chi connectivity index (χ4v) is 2.24. The van der Waals surface area contributed by atoms with Crippen LogP contribution < -0.4 is 10.6 Å². The van der Waals surface area contributed by atoms with Crippen LogP contribution in [-0.2, 0) is 0 Å². The molecule has 0 aliphatic rings. The van der Waals surface area contributed by atoms with E-state index in [1.54, 1.807) is 24.5 Å². The van der Waals surface area contributed by atoms with E-state index < -0.39 is 11.6 Å². The minimum Gasteiger partial charge on any atom is -0.352 e. The number of pyridine rings is 1. The fourth-order valence-electron chi connectivity index (χ4n) is 2.24. The molecule has 5 nitrogen and oxygen atoms in total. The number of anilines is 3. The lowest BCUT2D eigenvalue weighted by molar-refractivity contribution is 0.590. The minimum absolute atomic E-state index is 0.0993. The quantitative estimate of drug-likeness (QED) is 0.721. The van der Waals surface area contributed by atoms with Gasteiger partial charge in [-0.05, 0) is 38.1 Å². The summed E-state index contributed by atoms with van der Waals surface area (Å²) in [6.45, 7) is 3.90. The maximum atomic E-state index is 13.9. The smallest absolute Gasteiger partial charge is 0.225 e. The zero-order valence-corrected chi connectivity index (χ0v) is 13.8. The molecule has 2 aromatic heterocycles. The summed E-state index contributed by atoms with van der Waals surface area (Å²) in [6.07, 6.45) is 3.32. The Morgan fingerprint density at radius 1 is 1.00 bits per heavy atom. The second kappa shape index (κ2) is 7.21. The average molecular weight is 341 g/mol. The van der Waals surface area contributed by atoms with Gasteiger partial charge in [-0.25, -0.2) is 13.8 Å². The molecule has 0 fully saturated rings.